The van der Waals surface area contributed by atoms with Crippen molar-refractivity contribution in [1.82, 2.24) is 20.9 Å². The second kappa shape index (κ2) is 34.9. The van der Waals surface area contributed by atoms with Gasteiger partial charge in [0.15, 0.2) is 12.1 Å². The van der Waals surface area contributed by atoms with Crippen molar-refractivity contribution in [2.24, 2.45) is 22.4 Å². The van der Waals surface area contributed by atoms with E-state index in [1.807, 2.05) is 13.8 Å². The number of aliphatic hydroxyl groups is 1. The van der Waals surface area contributed by atoms with Crippen molar-refractivity contribution in [3.8, 4) is 0 Å². The molecule has 0 saturated carbocycles. The van der Waals surface area contributed by atoms with Crippen LogP contribution in [0.2, 0.25) is 0 Å². The van der Waals surface area contributed by atoms with Crippen LogP contribution in [-0.2, 0) is 77.6 Å². The summed E-state index contributed by atoms with van der Waals surface area (Å²) in [6.45, 7) is 5.23. The number of esters is 2. The van der Waals surface area contributed by atoms with Crippen LogP contribution in [-0.4, -0.2) is 133 Å². The van der Waals surface area contributed by atoms with Crippen LogP contribution in [0.3, 0.4) is 0 Å². The standard InChI is InChI=1S/C57H80F2N8O18P2/c1-4-82-49(69)17-10-5-6-11-33-67-44(27-29-48(67)68)26-28-47(57(58,59)42-14-8-7-9-15-42)85-50(70)35-39-18-20-40(21-19-39)37-84-55(74)66-46(34-38(2)3)52(72)65-45(16-12-31-62-53(60)61)51(71)64-43-24-22-41(23-25-43)36-83-54(73)63-32-13-30-56(75,86(76,77)78)87(79,80)81/h7-9,14-15,18-26,28,38,44-47,75H,4-6,10-13,16-17,27,29-37H2,1-3H3,(H,63,73)(H,64,71)(H,65,72)(H,66,74)(H4,60,61,62)(H2,76,77,78)(H2,79,80,81)/t44-,45-,46-,47+/m0/s1. The van der Waals surface area contributed by atoms with Crippen molar-refractivity contribution < 1.29 is 95.1 Å². The molecule has 1 aliphatic rings. The van der Waals surface area contributed by atoms with Crippen molar-refractivity contribution in [2.75, 3.05) is 31.6 Å². The zero-order valence-corrected chi connectivity index (χ0v) is 50.5. The Bertz CT molecular complexity index is 2890. The number of halogens is 2. The van der Waals surface area contributed by atoms with E-state index >= 15 is 8.78 Å². The molecule has 480 valence electrons. The summed E-state index contributed by atoms with van der Waals surface area (Å²) in [6, 6.07) is 16.2. The highest BCUT2D eigenvalue weighted by Crippen LogP contribution is 2.69. The molecule has 0 bridgehead atoms. The molecule has 4 atom stereocenters. The summed E-state index contributed by atoms with van der Waals surface area (Å²) in [5.41, 5.74) is 12.1. The number of hydrogen-bond donors (Lipinski definition) is 11. The number of benzene rings is 3. The van der Waals surface area contributed by atoms with Crippen LogP contribution in [0.1, 0.15) is 120 Å². The summed E-state index contributed by atoms with van der Waals surface area (Å²) >= 11 is 0. The van der Waals surface area contributed by atoms with Crippen LogP contribution in [0.25, 0.3) is 0 Å². The summed E-state index contributed by atoms with van der Waals surface area (Å²) in [7, 11) is -11.3. The summed E-state index contributed by atoms with van der Waals surface area (Å²) in [5, 5.41) is 16.5. The number of aliphatic imine (C=N–C) groups is 1. The van der Waals surface area contributed by atoms with Crippen molar-refractivity contribution in [2.45, 2.75) is 153 Å². The summed E-state index contributed by atoms with van der Waals surface area (Å²) in [6.07, 6.45) is 0.893. The fourth-order valence-electron chi connectivity index (χ4n) is 8.95. The first-order chi connectivity index (χ1) is 41.0. The average molecular weight is 1270 g/mol. The van der Waals surface area contributed by atoms with Gasteiger partial charge >= 0.3 is 45.2 Å². The minimum absolute atomic E-state index is 0.0460. The Morgan fingerprint density at radius 2 is 1.38 bits per heavy atom. The van der Waals surface area contributed by atoms with Crippen LogP contribution >= 0.6 is 15.2 Å². The Morgan fingerprint density at radius 3 is 1.99 bits per heavy atom. The summed E-state index contributed by atoms with van der Waals surface area (Å²) in [4.78, 5) is 134. The molecule has 1 heterocycles. The van der Waals surface area contributed by atoms with E-state index in [9.17, 15) is 67.4 Å². The molecule has 0 unspecified atom stereocenters. The van der Waals surface area contributed by atoms with Gasteiger partial charge in [-0.2, -0.15) is 8.78 Å². The number of ether oxygens (including phenoxy) is 4. The third kappa shape index (κ3) is 24.4. The number of hydrogen-bond acceptors (Lipinski definition) is 15. The first-order valence-electron chi connectivity index (χ1n) is 28.3. The molecule has 0 spiro atoms. The summed E-state index contributed by atoms with van der Waals surface area (Å²) in [5.74, 6) is -6.68. The maximum atomic E-state index is 16.2. The molecule has 3 aromatic carbocycles. The molecule has 30 heteroatoms. The number of nitrogens with one attached hydrogen (secondary N) is 4. The Hall–Kier alpha value is -7.32. The van der Waals surface area contributed by atoms with Crippen molar-refractivity contribution >= 4 is 68.7 Å². The van der Waals surface area contributed by atoms with Gasteiger partial charge in [0.2, 0.25) is 17.7 Å². The number of likely N-dealkylation sites (tertiary alicyclic amines) is 1. The second-order valence-electron chi connectivity index (χ2n) is 21.0. The number of anilines is 1. The highest BCUT2D eigenvalue weighted by Gasteiger charge is 2.58. The van der Waals surface area contributed by atoms with E-state index in [4.69, 9.17) is 30.4 Å². The van der Waals surface area contributed by atoms with Gasteiger partial charge in [0, 0.05) is 50.1 Å². The quantitative estimate of drug-likeness (QED) is 0.00621. The van der Waals surface area contributed by atoms with Crippen LogP contribution in [0.5, 0.6) is 0 Å². The maximum absolute atomic E-state index is 16.2. The van der Waals surface area contributed by atoms with E-state index in [-0.39, 0.29) is 87.0 Å². The van der Waals surface area contributed by atoms with E-state index < -0.39 is 99.7 Å². The molecule has 87 heavy (non-hydrogen) atoms. The number of rotatable bonds is 36. The highest BCUT2D eigenvalue weighted by atomic mass is 31.2. The Kier molecular flexibility index (Phi) is 28.9. The van der Waals surface area contributed by atoms with Crippen LogP contribution in [0.4, 0.5) is 24.1 Å². The SMILES string of the molecule is CCOC(=O)CCCCCCN1C(=O)CC[C@@H]1C=C[C@@H](OC(=O)Cc1ccc(COC(=O)N[C@@H](CC(C)C)C(=O)N[C@@H](CCCN=C(N)N)C(=O)Nc2ccc(COC(=O)NCCCC(O)(P(=O)(O)O)P(=O)(O)O)cc2)cc1)C(F)(F)c1ccccc1. The minimum atomic E-state index is -5.66. The molecule has 1 fully saturated rings. The average Bonchev–Trinajstić information content (AvgIpc) is 2.03. The topological polar surface area (TPSA) is 407 Å². The predicted octanol–water partition coefficient (Wildman–Crippen LogP) is 5.82. The number of alkyl carbamates (subject to hydrolysis) is 2. The number of guanidine groups is 1. The van der Waals surface area contributed by atoms with Gasteiger partial charge in [-0.3, -0.25) is 38.1 Å². The Labute approximate surface area is 502 Å². The molecule has 5 amide bonds. The number of amides is 5. The molecule has 0 aliphatic carbocycles. The minimum Gasteiger partial charge on any atom is -0.466 e. The van der Waals surface area contributed by atoms with Crippen LogP contribution < -0.4 is 32.7 Å². The first-order valence-corrected chi connectivity index (χ1v) is 31.5. The molecule has 1 aliphatic heterocycles. The van der Waals surface area contributed by atoms with E-state index in [2.05, 4.69) is 26.3 Å². The number of nitrogens with zero attached hydrogens (tertiary/aromatic N) is 2. The highest BCUT2D eigenvalue weighted by molar-refractivity contribution is 7.72. The Balaban J connectivity index is 1.32. The van der Waals surface area contributed by atoms with Crippen molar-refractivity contribution in [1.29, 1.82) is 0 Å². The third-order valence-corrected chi connectivity index (χ3v) is 17.5. The fourth-order valence-corrected chi connectivity index (χ4v) is 11.2. The largest absolute Gasteiger partial charge is 0.466 e. The fraction of sp³-hybridized carbons (Fsp3) is 0.509. The van der Waals surface area contributed by atoms with Gasteiger partial charge in [-0.15, -0.1) is 0 Å². The zero-order chi connectivity index (χ0) is 64.4. The van der Waals surface area contributed by atoms with Gasteiger partial charge in [-0.05, 0) is 92.7 Å². The number of nitrogens with two attached hydrogens (primary N) is 2. The number of unbranched alkanes of at least 4 members (excludes halogenated alkanes) is 3. The van der Waals surface area contributed by atoms with Crippen LogP contribution in [0.15, 0.2) is 96.0 Å². The molecule has 0 aromatic heterocycles. The van der Waals surface area contributed by atoms with Gasteiger partial charge in [0.1, 0.15) is 25.3 Å². The van der Waals surface area contributed by atoms with Gasteiger partial charge in [-0.25, -0.2) is 9.59 Å². The van der Waals surface area contributed by atoms with Gasteiger partial charge in [-0.1, -0.05) is 99.5 Å². The Morgan fingerprint density at radius 1 is 0.770 bits per heavy atom. The molecule has 4 rings (SSSR count). The lowest BCUT2D eigenvalue weighted by atomic mass is 10.0. The lowest BCUT2D eigenvalue weighted by Crippen LogP contribution is -2.53. The molecule has 0 radical (unpaired) electrons. The second-order valence-corrected chi connectivity index (χ2v) is 25.0. The lowest BCUT2D eigenvalue weighted by Gasteiger charge is -2.29. The number of carbonyl (C=O) groups excluding carboxylic acids is 7. The lowest BCUT2D eigenvalue weighted by molar-refractivity contribution is -0.167. The smallest absolute Gasteiger partial charge is 0.408 e. The molecule has 26 nitrogen and oxygen atoms in total. The van der Waals surface area contributed by atoms with Crippen LogP contribution in [0, 0.1) is 5.92 Å². The molecule has 3 aromatic rings. The maximum Gasteiger partial charge on any atom is 0.408 e. The normalized spacial score (nSPS) is 14.8. The van der Waals surface area contributed by atoms with E-state index in [0.29, 0.717) is 55.5 Å². The third-order valence-electron chi connectivity index (χ3n) is 13.6. The molecular weight excluding hydrogens is 1180 g/mol. The zero-order valence-electron chi connectivity index (χ0n) is 48.7. The van der Waals surface area contributed by atoms with Crippen molar-refractivity contribution in [3.63, 3.8) is 0 Å². The van der Waals surface area contributed by atoms with Gasteiger partial charge < -0.3 is 81.3 Å². The number of carbonyl (C=O) groups is 7. The summed E-state index contributed by atoms with van der Waals surface area (Å²) < 4.78 is 76.4. The number of alkyl halides is 2. The predicted molar refractivity (Wildman–Crippen MR) is 314 cm³/mol. The van der Waals surface area contributed by atoms with Gasteiger partial charge in [0.05, 0.1) is 19.1 Å². The monoisotopic (exact) mass is 1260 g/mol. The van der Waals surface area contributed by atoms with E-state index in [1.54, 1.807) is 30.0 Å². The van der Waals surface area contributed by atoms with E-state index in [1.165, 1.54) is 66.7 Å². The van der Waals surface area contributed by atoms with Crippen molar-refractivity contribution in [3.05, 3.63) is 113 Å². The van der Waals surface area contributed by atoms with Gasteiger partial charge in [0.25, 0.3) is 5.08 Å². The molecular formula is C57H80F2N8O18P2. The first kappa shape index (κ1) is 72.2. The molecule has 13 N–H and O–H groups in total. The van der Waals surface area contributed by atoms with E-state index in [0.717, 1.165) is 18.9 Å². The molecule has 1 saturated heterocycles.